The van der Waals surface area contributed by atoms with Crippen LogP contribution >= 0.6 is 11.3 Å². The molecule has 230 valence electrons. The molecule has 50 heavy (non-hydrogen) atoms. The van der Waals surface area contributed by atoms with E-state index in [1.165, 1.54) is 70.0 Å². The first kappa shape index (κ1) is 26.6. The van der Waals surface area contributed by atoms with Crippen molar-refractivity contribution in [1.29, 1.82) is 0 Å². The average Bonchev–Trinajstić information content (AvgIpc) is 3.80. The number of hydrogen-bond acceptors (Lipinski definition) is 3. The summed E-state index contributed by atoms with van der Waals surface area (Å²) in [6.07, 6.45) is 0. The number of hydrogen-bond donors (Lipinski definition) is 0. The fourth-order valence-electron chi connectivity index (χ4n) is 8.72. The average molecular weight is 652 g/mol. The van der Waals surface area contributed by atoms with E-state index in [4.69, 9.17) is 9.97 Å². The van der Waals surface area contributed by atoms with Gasteiger partial charge in [-0.05, 0) is 67.2 Å². The molecule has 3 nitrogen and oxygen atoms in total. The summed E-state index contributed by atoms with van der Waals surface area (Å²) in [5.74, 6) is 0.696. The van der Waals surface area contributed by atoms with E-state index in [0.29, 0.717) is 5.95 Å². The first-order valence-corrected chi connectivity index (χ1v) is 17.8. The smallest absolute Gasteiger partial charge is 0.235 e. The molecule has 0 aliphatic heterocycles. The SMILES string of the molecule is c1ccc(-c2c3c4ccccc4c4ccc5c(c4-3)c3c4c(cccc24)ccc3n5-c2nc(-c3ccccc3)c3sc4ccccc4c3n2)cc1. The van der Waals surface area contributed by atoms with Crippen molar-refractivity contribution in [2.75, 3.05) is 0 Å². The third-order valence-electron chi connectivity index (χ3n) is 10.7. The highest BCUT2D eigenvalue weighted by atomic mass is 32.1. The summed E-state index contributed by atoms with van der Waals surface area (Å²) in [5.41, 5.74) is 10.4. The zero-order valence-corrected chi connectivity index (χ0v) is 27.5. The maximum atomic E-state index is 5.47. The van der Waals surface area contributed by atoms with Crippen molar-refractivity contribution in [3.63, 3.8) is 0 Å². The van der Waals surface area contributed by atoms with Crippen molar-refractivity contribution >= 4 is 85.8 Å². The molecule has 10 aromatic rings. The summed E-state index contributed by atoms with van der Waals surface area (Å²) in [6, 6.07) is 55.0. The lowest BCUT2D eigenvalue weighted by Gasteiger charge is -2.13. The van der Waals surface area contributed by atoms with Crippen LogP contribution in [0.2, 0.25) is 0 Å². The first-order chi connectivity index (χ1) is 24.8. The molecule has 0 atom stereocenters. The molecule has 2 aliphatic rings. The normalized spacial score (nSPS) is 12.4. The lowest BCUT2D eigenvalue weighted by atomic mass is 9.92. The maximum absolute atomic E-state index is 5.47. The van der Waals surface area contributed by atoms with Gasteiger partial charge < -0.3 is 0 Å². The van der Waals surface area contributed by atoms with Gasteiger partial charge in [0.15, 0.2) is 0 Å². The van der Waals surface area contributed by atoms with Gasteiger partial charge in [0, 0.05) is 32.0 Å². The Hall–Kier alpha value is -6.36. The van der Waals surface area contributed by atoms with Crippen LogP contribution in [0.15, 0.2) is 152 Å². The van der Waals surface area contributed by atoms with Crippen LogP contribution in [0.3, 0.4) is 0 Å². The van der Waals surface area contributed by atoms with E-state index >= 15 is 0 Å². The standard InChI is InChI=1S/C46H25N3S/c1-3-12-26(13-4-1)37-33-20-11-16-27-22-24-34-41(38(27)33)42-35(25-23-31-29-17-7-8-18-30(29)39(37)40(31)42)49(34)46-47-43(28-14-5-2-6-15-28)45-44(48-46)32-19-9-10-21-36(32)50-45/h1-25H. The van der Waals surface area contributed by atoms with Crippen molar-refractivity contribution < 1.29 is 0 Å². The Bertz CT molecular complexity index is 3250. The van der Waals surface area contributed by atoms with Gasteiger partial charge in [-0.1, -0.05) is 133 Å². The second-order valence-corrected chi connectivity index (χ2v) is 14.3. The molecule has 4 heteroatoms. The minimum absolute atomic E-state index is 0.696. The van der Waals surface area contributed by atoms with Crippen LogP contribution < -0.4 is 0 Å². The monoisotopic (exact) mass is 651 g/mol. The van der Waals surface area contributed by atoms with E-state index in [1.54, 1.807) is 11.3 Å². The highest BCUT2D eigenvalue weighted by Crippen LogP contribution is 2.55. The minimum Gasteiger partial charge on any atom is -0.278 e. The van der Waals surface area contributed by atoms with Gasteiger partial charge in [0.2, 0.25) is 5.95 Å². The van der Waals surface area contributed by atoms with Gasteiger partial charge in [0.05, 0.1) is 26.9 Å². The third kappa shape index (κ3) is 3.33. The van der Waals surface area contributed by atoms with Crippen LogP contribution in [0.4, 0.5) is 0 Å². The second kappa shape index (κ2) is 9.63. The van der Waals surface area contributed by atoms with Crippen LogP contribution in [-0.2, 0) is 0 Å². The molecule has 0 amide bonds. The van der Waals surface area contributed by atoms with Gasteiger partial charge in [0.1, 0.15) is 0 Å². The molecule has 0 saturated carbocycles. The number of fused-ring (bicyclic) bond motifs is 6. The van der Waals surface area contributed by atoms with Gasteiger partial charge in [-0.15, -0.1) is 11.3 Å². The highest BCUT2D eigenvalue weighted by Gasteiger charge is 2.30. The number of nitrogens with zero attached hydrogens (tertiary/aromatic N) is 3. The zero-order valence-electron chi connectivity index (χ0n) is 26.7. The largest absolute Gasteiger partial charge is 0.278 e. The fraction of sp³-hybridized carbons (Fsp3) is 0. The fourth-order valence-corrected chi connectivity index (χ4v) is 9.87. The number of rotatable bonds is 3. The summed E-state index contributed by atoms with van der Waals surface area (Å²) in [5, 5.41) is 11.3. The van der Waals surface area contributed by atoms with Crippen molar-refractivity contribution in [3.8, 4) is 39.5 Å². The Balaban J connectivity index is 1.32. The molecule has 0 bridgehead atoms. The molecule has 0 radical (unpaired) electrons. The zero-order chi connectivity index (χ0) is 32.5. The van der Waals surface area contributed by atoms with Gasteiger partial charge in [-0.2, -0.15) is 0 Å². The molecule has 0 saturated heterocycles. The molecule has 7 aromatic carbocycles. The summed E-state index contributed by atoms with van der Waals surface area (Å²) in [7, 11) is 0. The Morgan fingerprint density at radius 1 is 0.420 bits per heavy atom. The summed E-state index contributed by atoms with van der Waals surface area (Å²) in [6.45, 7) is 0. The quantitative estimate of drug-likeness (QED) is 0.190. The molecular formula is C46H25N3S. The Morgan fingerprint density at radius 3 is 1.92 bits per heavy atom. The highest BCUT2D eigenvalue weighted by molar-refractivity contribution is 7.26. The van der Waals surface area contributed by atoms with E-state index in [2.05, 4.69) is 156 Å². The van der Waals surface area contributed by atoms with Crippen molar-refractivity contribution in [2.45, 2.75) is 0 Å². The third-order valence-corrected chi connectivity index (χ3v) is 11.9. The minimum atomic E-state index is 0.696. The topological polar surface area (TPSA) is 30.7 Å². The summed E-state index contributed by atoms with van der Waals surface area (Å²) >= 11 is 1.77. The molecule has 0 unspecified atom stereocenters. The summed E-state index contributed by atoms with van der Waals surface area (Å²) < 4.78 is 4.66. The lowest BCUT2D eigenvalue weighted by Crippen LogP contribution is -2.03. The molecule has 2 aliphatic carbocycles. The first-order valence-electron chi connectivity index (χ1n) is 17.0. The van der Waals surface area contributed by atoms with E-state index < -0.39 is 0 Å². The van der Waals surface area contributed by atoms with Crippen molar-refractivity contribution in [2.24, 2.45) is 0 Å². The molecule has 0 fully saturated rings. The molecule has 0 spiro atoms. The van der Waals surface area contributed by atoms with Crippen LogP contribution in [0.5, 0.6) is 0 Å². The lowest BCUT2D eigenvalue weighted by molar-refractivity contribution is 1.02. The van der Waals surface area contributed by atoms with Crippen molar-refractivity contribution in [1.82, 2.24) is 14.5 Å². The van der Waals surface area contributed by atoms with Gasteiger partial charge >= 0.3 is 0 Å². The number of benzene rings is 7. The van der Waals surface area contributed by atoms with E-state index in [1.807, 2.05) is 0 Å². The van der Waals surface area contributed by atoms with Crippen LogP contribution in [0, 0.1) is 0 Å². The number of aromatic nitrogens is 3. The molecule has 3 heterocycles. The Kier molecular flexibility index (Phi) is 5.12. The van der Waals surface area contributed by atoms with E-state index in [9.17, 15) is 0 Å². The van der Waals surface area contributed by atoms with Gasteiger partial charge in [-0.3, -0.25) is 4.57 Å². The second-order valence-electron chi connectivity index (χ2n) is 13.3. The van der Waals surface area contributed by atoms with Gasteiger partial charge in [0.25, 0.3) is 0 Å². The number of thiophene rings is 1. The Labute approximate surface area is 290 Å². The van der Waals surface area contributed by atoms with Gasteiger partial charge in [-0.25, -0.2) is 9.97 Å². The molecule has 0 N–H and O–H groups in total. The van der Waals surface area contributed by atoms with E-state index in [-0.39, 0.29) is 0 Å². The Morgan fingerprint density at radius 2 is 1.08 bits per heavy atom. The summed E-state index contributed by atoms with van der Waals surface area (Å²) in [4.78, 5) is 10.9. The van der Waals surface area contributed by atoms with Crippen LogP contribution in [-0.4, -0.2) is 14.5 Å². The van der Waals surface area contributed by atoms with Crippen LogP contribution in [0.1, 0.15) is 0 Å². The maximum Gasteiger partial charge on any atom is 0.235 e. The molecular weight excluding hydrogens is 627 g/mol. The molecule has 3 aromatic heterocycles. The van der Waals surface area contributed by atoms with Crippen LogP contribution in [0.25, 0.3) is 114 Å². The van der Waals surface area contributed by atoms with E-state index in [0.717, 1.165) is 37.9 Å². The predicted octanol–water partition coefficient (Wildman–Crippen LogP) is 12.7. The molecule has 12 rings (SSSR count). The van der Waals surface area contributed by atoms with Crippen molar-refractivity contribution in [3.05, 3.63) is 152 Å². The predicted molar refractivity (Wildman–Crippen MR) is 212 cm³/mol.